The maximum atomic E-state index is 14.7. The van der Waals surface area contributed by atoms with Gasteiger partial charge in [-0.15, -0.1) is 0 Å². The maximum absolute atomic E-state index is 14.7. The summed E-state index contributed by atoms with van der Waals surface area (Å²) in [7, 11) is 1.73. The van der Waals surface area contributed by atoms with Gasteiger partial charge in [-0.05, 0) is 69.2 Å². The molecule has 6 nitrogen and oxygen atoms in total. The predicted octanol–water partition coefficient (Wildman–Crippen LogP) is 4.95. The Kier molecular flexibility index (Phi) is 7.46. The molecule has 0 spiro atoms. The van der Waals surface area contributed by atoms with Crippen molar-refractivity contribution in [2.24, 2.45) is 5.41 Å². The molecule has 2 fully saturated rings. The van der Waals surface area contributed by atoms with Crippen molar-refractivity contribution >= 4 is 11.5 Å². The van der Waals surface area contributed by atoms with Crippen LogP contribution in [0.5, 0.6) is 0 Å². The molecule has 33 heavy (non-hydrogen) atoms. The average Bonchev–Trinajstić information content (AvgIpc) is 3.61. The standard InChI is InChI=1S/C26H34FN5O/c1-18(15-33-2)31-20-6-8-21(9-7-20)32-25-13-23(24(27)14-29-25)19-4-3-5-22(12-19)30-17-26(16-28)10-11-26/h3-5,12-14,18,20-21,30-31H,6-11,15,17H2,1-2H3,(H,29,32)/t18-,20-,21-/m1/s1. The number of nitriles is 1. The van der Waals surface area contributed by atoms with E-state index in [4.69, 9.17) is 4.74 Å². The van der Waals surface area contributed by atoms with Crippen molar-refractivity contribution in [1.82, 2.24) is 10.3 Å². The van der Waals surface area contributed by atoms with Crippen LogP contribution in [0.4, 0.5) is 15.9 Å². The first-order valence-electron chi connectivity index (χ1n) is 11.9. The quantitative estimate of drug-likeness (QED) is 0.474. The van der Waals surface area contributed by atoms with Crippen molar-refractivity contribution in [2.45, 2.75) is 63.6 Å². The van der Waals surface area contributed by atoms with Gasteiger partial charge in [0, 0.05) is 43.0 Å². The molecular weight excluding hydrogens is 417 g/mol. The van der Waals surface area contributed by atoms with Gasteiger partial charge < -0.3 is 20.7 Å². The van der Waals surface area contributed by atoms with Crippen LogP contribution in [0.15, 0.2) is 36.5 Å². The van der Waals surface area contributed by atoms with Gasteiger partial charge in [0.2, 0.25) is 0 Å². The Bertz CT molecular complexity index is 979. The fourth-order valence-electron chi connectivity index (χ4n) is 4.60. The Labute approximate surface area is 195 Å². The molecule has 2 saturated carbocycles. The first-order valence-corrected chi connectivity index (χ1v) is 11.9. The molecule has 0 aliphatic heterocycles. The Hall–Kier alpha value is -2.69. The number of methoxy groups -OCH3 is 1. The highest BCUT2D eigenvalue weighted by atomic mass is 19.1. The third kappa shape index (κ3) is 6.21. The summed E-state index contributed by atoms with van der Waals surface area (Å²) in [6.07, 6.45) is 7.46. The van der Waals surface area contributed by atoms with Gasteiger partial charge in [0.25, 0.3) is 0 Å². The number of nitrogens with zero attached hydrogens (tertiary/aromatic N) is 2. The number of ether oxygens (including phenoxy) is 1. The molecular formula is C26H34FN5O. The summed E-state index contributed by atoms with van der Waals surface area (Å²) >= 11 is 0. The summed E-state index contributed by atoms with van der Waals surface area (Å²) in [5.74, 6) is 0.365. The molecule has 7 heteroatoms. The zero-order chi connectivity index (χ0) is 23.3. The van der Waals surface area contributed by atoms with E-state index in [2.05, 4.69) is 33.9 Å². The molecule has 0 saturated heterocycles. The van der Waals surface area contributed by atoms with E-state index in [0.717, 1.165) is 56.4 Å². The minimum absolute atomic E-state index is 0.231. The molecule has 2 aliphatic rings. The summed E-state index contributed by atoms with van der Waals surface area (Å²) in [4.78, 5) is 4.29. The summed E-state index contributed by atoms with van der Waals surface area (Å²) in [5.41, 5.74) is 1.99. The number of pyridine rings is 1. The van der Waals surface area contributed by atoms with Crippen molar-refractivity contribution in [1.29, 1.82) is 5.26 Å². The second-order valence-electron chi connectivity index (χ2n) is 9.59. The van der Waals surface area contributed by atoms with E-state index >= 15 is 0 Å². The predicted molar refractivity (Wildman–Crippen MR) is 130 cm³/mol. The first-order chi connectivity index (χ1) is 16.0. The number of nitrogens with one attached hydrogen (secondary N) is 3. The van der Waals surface area contributed by atoms with Crippen molar-refractivity contribution in [3.05, 3.63) is 42.3 Å². The van der Waals surface area contributed by atoms with Gasteiger partial charge in [0.1, 0.15) is 11.6 Å². The van der Waals surface area contributed by atoms with Gasteiger partial charge in [-0.3, -0.25) is 0 Å². The van der Waals surface area contributed by atoms with Gasteiger partial charge in [-0.25, -0.2) is 9.37 Å². The van der Waals surface area contributed by atoms with Crippen LogP contribution in [0.2, 0.25) is 0 Å². The van der Waals surface area contributed by atoms with Gasteiger partial charge in [-0.1, -0.05) is 12.1 Å². The molecule has 2 aromatic rings. The van der Waals surface area contributed by atoms with Gasteiger partial charge in [0.05, 0.1) is 24.3 Å². The average molecular weight is 452 g/mol. The Balaban J connectivity index is 1.37. The molecule has 1 heterocycles. The van der Waals surface area contributed by atoms with Gasteiger partial charge in [0.15, 0.2) is 0 Å². The lowest BCUT2D eigenvalue weighted by Crippen LogP contribution is -2.42. The lowest BCUT2D eigenvalue weighted by molar-refractivity contribution is 0.161. The van der Waals surface area contributed by atoms with E-state index in [1.165, 1.54) is 6.20 Å². The second kappa shape index (κ2) is 10.5. The number of hydrogen-bond acceptors (Lipinski definition) is 6. The number of benzene rings is 1. The number of hydrogen-bond donors (Lipinski definition) is 3. The van der Waals surface area contributed by atoms with E-state index in [0.29, 0.717) is 36.1 Å². The number of halogens is 1. The summed E-state index contributed by atoms with van der Waals surface area (Å²) < 4.78 is 19.9. The molecule has 0 unspecified atom stereocenters. The van der Waals surface area contributed by atoms with Crippen LogP contribution < -0.4 is 16.0 Å². The Morgan fingerprint density at radius 2 is 1.97 bits per heavy atom. The maximum Gasteiger partial charge on any atom is 0.149 e. The third-order valence-corrected chi connectivity index (χ3v) is 6.77. The van der Waals surface area contributed by atoms with E-state index in [1.807, 2.05) is 24.3 Å². The molecule has 0 bridgehead atoms. The van der Waals surface area contributed by atoms with E-state index in [9.17, 15) is 9.65 Å². The Morgan fingerprint density at radius 1 is 1.21 bits per heavy atom. The van der Waals surface area contributed by atoms with Crippen molar-refractivity contribution in [3.8, 4) is 17.2 Å². The molecule has 3 N–H and O–H groups in total. The second-order valence-corrected chi connectivity index (χ2v) is 9.59. The lowest BCUT2D eigenvalue weighted by Gasteiger charge is -2.31. The van der Waals surface area contributed by atoms with Crippen molar-refractivity contribution in [2.75, 3.05) is 30.9 Å². The molecule has 2 aliphatic carbocycles. The van der Waals surface area contributed by atoms with E-state index in [1.54, 1.807) is 13.2 Å². The van der Waals surface area contributed by atoms with Crippen LogP contribution in [0.3, 0.4) is 0 Å². The fourth-order valence-corrected chi connectivity index (χ4v) is 4.60. The summed E-state index contributed by atoms with van der Waals surface area (Å²) in [5, 5.41) is 19.8. The van der Waals surface area contributed by atoms with E-state index < -0.39 is 0 Å². The number of aromatic nitrogens is 1. The smallest absolute Gasteiger partial charge is 0.149 e. The van der Waals surface area contributed by atoms with Crippen LogP contribution >= 0.6 is 0 Å². The van der Waals surface area contributed by atoms with Gasteiger partial charge >= 0.3 is 0 Å². The van der Waals surface area contributed by atoms with Gasteiger partial charge in [-0.2, -0.15) is 5.26 Å². The van der Waals surface area contributed by atoms with Crippen molar-refractivity contribution in [3.63, 3.8) is 0 Å². The minimum atomic E-state index is -0.339. The Morgan fingerprint density at radius 3 is 2.67 bits per heavy atom. The number of rotatable bonds is 10. The van der Waals surface area contributed by atoms with Crippen molar-refractivity contribution < 1.29 is 9.13 Å². The SMILES string of the molecule is COC[C@@H](C)N[C@H]1CC[C@H](Nc2cc(-c3cccc(NCC4(C#N)CC4)c3)c(F)cn2)CC1. The highest BCUT2D eigenvalue weighted by Crippen LogP contribution is 2.44. The summed E-state index contributed by atoms with van der Waals surface area (Å²) in [6, 6.07) is 13.1. The highest BCUT2D eigenvalue weighted by Gasteiger charge is 2.42. The third-order valence-electron chi connectivity index (χ3n) is 6.77. The normalized spacial score (nSPS) is 22.2. The topological polar surface area (TPSA) is 82.0 Å². The molecule has 4 rings (SSSR count). The minimum Gasteiger partial charge on any atom is -0.383 e. The molecule has 0 amide bonds. The molecule has 1 atom stereocenters. The number of anilines is 2. The molecule has 0 radical (unpaired) electrons. The largest absolute Gasteiger partial charge is 0.383 e. The highest BCUT2D eigenvalue weighted by molar-refractivity contribution is 5.70. The molecule has 176 valence electrons. The fraction of sp³-hybridized carbons (Fsp3) is 0.538. The van der Waals surface area contributed by atoms with Crippen LogP contribution in [0.1, 0.15) is 45.4 Å². The zero-order valence-corrected chi connectivity index (χ0v) is 19.5. The van der Waals surface area contributed by atoms with Crippen LogP contribution in [0.25, 0.3) is 11.1 Å². The van der Waals surface area contributed by atoms with Crippen LogP contribution in [-0.4, -0.2) is 43.4 Å². The zero-order valence-electron chi connectivity index (χ0n) is 19.5. The first kappa shape index (κ1) is 23.5. The van der Waals surface area contributed by atoms with Crippen LogP contribution in [0, 0.1) is 22.6 Å². The monoisotopic (exact) mass is 451 g/mol. The summed E-state index contributed by atoms with van der Waals surface area (Å²) in [6.45, 7) is 3.49. The molecule has 1 aromatic heterocycles. The molecule has 1 aromatic carbocycles. The van der Waals surface area contributed by atoms with Crippen LogP contribution in [-0.2, 0) is 4.74 Å². The van der Waals surface area contributed by atoms with E-state index in [-0.39, 0.29) is 11.2 Å². The lowest BCUT2D eigenvalue weighted by atomic mass is 9.90.